The fraction of sp³-hybridized carbons (Fsp3) is 0.273. The van der Waals surface area contributed by atoms with Crippen molar-refractivity contribution in [2.45, 2.75) is 20.0 Å². The average molecular weight is 238 g/mol. The van der Waals surface area contributed by atoms with Crippen molar-refractivity contribution >= 4 is 5.95 Å². The van der Waals surface area contributed by atoms with Crippen LogP contribution in [0.4, 0.5) is 14.7 Å². The Hall–Kier alpha value is -1.98. The summed E-state index contributed by atoms with van der Waals surface area (Å²) < 4.78 is 27.5. The third-order valence-corrected chi connectivity index (χ3v) is 2.39. The lowest BCUT2D eigenvalue weighted by Gasteiger charge is -2.06. The number of nitrogens with one attached hydrogen (secondary N) is 1. The molecule has 2 rings (SSSR count). The Morgan fingerprint density at radius 1 is 1.29 bits per heavy atom. The minimum atomic E-state index is -0.846. The van der Waals surface area contributed by atoms with Crippen molar-refractivity contribution < 1.29 is 8.78 Å². The lowest BCUT2D eigenvalue weighted by atomic mass is 10.2. The first-order chi connectivity index (χ1) is 8.20. The van der Waals surface area contributed by atoms with Crippen molar-refractivity contribution in [2.24, 2.45) is 0 Å². The number of benzene rings is 1. The molecule has 1 aromatic heterocycles. The predicted molar refractivity (Wildman–Crippen MR) is 59.4 cm³/mol. The zero-order valence-electron chi connectivity index (χ0n) is 9.32. The van der Waals surface area contributed by atoms with Gasteiger partial charge in [-0.15, -0.1) is 10.2 Å². The van der Waals surface area contributed by atoms with E-state index >= 15 is 0 Å². The molecular weight excluding hydrogens is 226 g/mol. The van der Waals surface area contributed by atoms with Crippen molar-refractivity contribution in [3.8, 4) is 0 Å². The van der Waals surface area contributed by atoms with Gasteiger partial charge in [0.15, 0.2) is 11.6 Å². The summed E-state index contributed by atoms with van der Waals surface area (Å²) in [6, 6.07) is 3.80. The summed E-state index contributed by atoms with van der Waals surface area (Å²) in [5.74, 6) is -1.08. The number of halogens is 2. The number of anilines is 1. The van der Waals surface area contributed by atoms with E-state index in [1.807, 2.05) is 11.5 Å². The van der Waals surface area contributed by atoms with E-state index in [1.54, 1.807) is 6.33 Å². The molecule has 0 bridgehead atoms. The SMILES string of the molecule is CCn1cnnc1NCc1ccc(F)c(F)c1. The molecule has 0 atom stereocenters. The summed E-state index contributed by atoms with van der Waals surface area (Å²) in [5, 5.41) is 10.6. The van der Waals surface area contributed by atoms with E-state index in [0.29, 0.717) is 18.1 Å². The Balaban J connectivity index is 2.05. The molecule has 1 heterocycles. The summed E-state index contributed by atoms with van der Waals surface area (Å²) in [5.41, 5.74) is 0.648. The average Bonchev–Trinajstić information content (AvgIpc) is 2.78. The molecule has 0 amide bonds. The number of aryl methyl sites for hydroxylation is 1. The highest BCUT2D eigenvalue weighted by atomic mass is 19.2. The van der Waals surface area contributed by atoms with E-state index in [2.05, 4.69) is 15.5 Å². The van der Waals surface area contributed by atoms with E-state index in [1.165, 1.54) is 6.07 Å². The number of nitrogens with zero attached hydrogens (tertiary/aromatic N) is 3. The zero-order chi connectivity index (χ0) is 12.3. The van der Waals surface area contributed by atoms with Crippen LogP contribution < -0.4 is 5.32 Å². The highest BCUT2D eigenvalue weighted by Crippen LogP contribution is 2.10. The van der Waals surface area contributed by atoms with Gasteiger partial charge in [0.05, 0.1) is 0 Å². The van der Waals surface area contributed by atoms with Gasteiger partial charge in [-0.2, -0.15) is 0 Å². The van der Waals surface area contributed by atoms with Crippen LogP contribution in [-0.4, -0.2) is 14.8 Å². The van der Waals surface area contributed by atoms with Crippen molar-refractivity contribution in [3.05, 3.63) is 41.7 Å². The first-order valence-electron chi connectivity index (χ1n) is 5.26. The predicted octanol–water partition coefficient (Wildman–Crippen LogP) is 2.19. The molecule has 0 saturated heterocycles. The number of aromatic nitrogens is 3. The van der Waals surface area contributed by atoms with Crippen LogP contribution in [0.15, 0.2) is 24.5 Å². The van der Waals surface area contributed by atoms with Crippen molar-refractivity contribution in [3.63, 3.8) is 0 Å². The third kappa shape index (κ3) is 2.58. The zero-order valence-corrected chi connectivity index (χ0v) is 9.32. The molecule has 90 valence electrons. The maximum Gasteiger partial charge on any atom is 0.224 e. The Morgan fingerprint density at radius 3 is 2.82 bits per heavy atom. The summed E-state index contributed by atoms with van der Waals surface area (Å²) >= 11 is 0. The second-order valence-corrected chi connectivity index (χ2v) is 3.54. The first-order valence-corrected chi connectivity index (χ1v) is 5.26. The minimum Gasteiger partial charge on any atom is -0.350 e. The van der Waals surface area contributed by atoms with Gasteiger partial charge in [0.25, 0.3) is 0 Å². The van der Waals surface area contributed by atoms with E-state index in [9.17, 15) is 8.78 Å². The minimum absolute atomic E-state index is 0.371. The molecule has 1 N–H and O–H groups in total. The van der Waals surface area contributed by atoms with E-state index in [-0.39, 0.29) is 0 Å². The van der Waals surface area contributed by atoms with Gasteiger partial charge in [-0.05, 0) is 24.6 Å². The Kier molecular flexibility index (Phi) is 3.32. The quantitative estimate of drug-likeness (QED) is 0.887. The third-order valence-electron chi connectivity index (χ3n) is 2.39. The van der Waals surface area contributed by atoms with Crippen molar-refractivity contribution in [2.75, 3.05) is 5.32 Å². The lowest BCUT2D eigenvalue weighted by Crippen LogP contribution is -2.06. The molecule has 0 aliphatic rings. The Morgan fingerprint density at radius 2 is 2.12 bits per heavy atom. The molecule has 1 aromatic carbocycles. The molecule has 0 aliphatic heterocycles. The number of hydrogen-bond donors (Lipinski definition) is 1. The van der Waals surface area contributed by atoms with E-state index < -0.39 is 11.6 Å². The van der Waals surface area contributed by atoms with Crippen LogP contribution in [0.2, 0.25) is 0 Å². The van der Waals surface area contributed by atoms with Gasteiger partial charge in [0.2, 0.25) is 5.95 Å². The molecule has 4 nitrogen and oxygen atoms in total. The Labute approximate surface area is 97.3 Å². The van der Waals surface area contributed by atoms with Gasteiger partial charge in [0, 0.05) is 13.1 Å². The summed E-state index contributed by atoms with van der Waals surface area (Å²) in [6.07, 6.45) is 1.60. The highest BCUT2D eigenvalue weighted by Gasteiger charge is 2.04. The van der Waals surface area contributed by atoms with E-state index in [4.69, 9.17) is 0 Å². The van der Waals surface area contributed by atoms with Crippen LogP contribution in [-0.2, 0) is 13.1 Å². The van der Waals surface area contributed by atoms with E-state index in [0.717, 1.165) is 18.7 Å². The second-order valence-electron chi connectivity index (χ2n) is 3.54. The van der Waals surface area contributed by atoms with Crippen molar-refractivity contribution in [1.82, 2.24) is 14.8 Å². The molecule has 0 spiro atoms. The molecule has 0 aliphatic carbocycles. The number of rotatable bonds is 4. The Bertz CT molecular complexity index is 510. The van der Waals surface area contributed by atoms with Gasteiger partial charge in [-0.1, -0.05) is 6.07 Å². The smallest absolute Gasteiger partial charge is 0.224 e. The van der Waals surface area contributed by atoms with Gasteiger partial charge in [-0.3, -0.25) is 0 Å². The molecule has 17 heavy (non-hydrogen) atoms. The largest absolute Gasteiger partial charge is 0.350 e. The van der Waals surface area contributed by atoms with Crippen LogP contribution in [0.1, 0.15) is 12.5 Å². The van der Waals surface area contributed by atoms with Gasteiger partial charge in [0.1, 0.15) is 6.33 Å². The monoisotopic (exact) mass is 238 g/mol. The molecule has 2 aromatic rings. The normalized spacial score (nSPS) is 10.5. The fourth-order valence-electron chi connectivity index (χ4n) is 1.45. The molecule has 0 radical (unpaired) electrons. The van der Waals surface area contributed by atoms with Crippen LogP contribution in [0.5, 0.6) is 0 Å². The van der Waals surface area contributed by atoms with Crippen LogP contribution in [0.3, 0.4) is 0 Å². The molecule has 0 fully saturated rings. The maximum atomic E-state index is 13.0. The van der Waals surface area contributed by atoms with Gasteiger partial charge in [-0.25, -0.2) is 8.78 Å². The maximum absolute atomic E-state index is 13.0. The van der Waals surface area contributed by atoms with Crippen molar-refractivity contribution in [1.29, 1.82) is 0 Å². The summed E-state index contributed by atoms with van der Waals surface area (Å²) in [7, 11) is 0. The van der Waals surface area contributed by atoms with Gasteiger partial charge >= 0.3 is 0 Å². The standard InChI is InChI=1S/C11H12F2N4/c1-2-17-7-15-16-11(17)14-6-8-3-4-9(12)10(13)5-8/h3-5,7H,2,6H2,1H3,(H,14,16). The molecule has 6 heteroatoms. The second kappa shape index (κ2) is 4.90. The number of hydrogen-bond acceptors (Lipinski definition) is 3. The summed E-state index contributed by atoms with van der Waals surface area (Å²) in [6.45, 7) is 3.08. The molecule has 0 saturated carbocycles. The van der Waals surface area contributed by atoms with Crippen LogP contribution >= 0.6 is 0 Å². The van der Waals surface area contributed by atoms with Gasteiger partial charge < -0.3 is 9.88 Å². The fourth-order valence-corrected chi connectivity index (χ4v) is 1.45. The first kappa shape index (κ1) is 11.5. The molecular formula is C11H12F2N4. The lowest BCUT2D eigenvalue weighted by molar-refractivity contribution is 0.507. The van der Waals surface area contributed by atoms with Crippen LogP contribution in [0, 0.1) is 11.6 Å². The molecule has 0 unspecified atom stereocenters. The highest BCUT2D eigenvalue weighted by molar-refractivity contribution is 5.27. The topological polar surface area (TPSA) is 42.7 Å². The van der Waals surface area contributed by atoms with Crippen LogP contribution in [0.25, 0.3) is 0 Å². The summed E-state index contributed by atoms with van der Waals surface area (Å²) in [4.78, 5) is 0.